The van der Waals surface area contributed by atoms with Crippen LogP contribution in [0.25, 0.3) is 21.7 Å². The first kappa shape index (κ1) is 24.5. The molecule has 0 saturated carbocycles. The SMILES string of the molecule is CCCOc1cccc2ccc(Cc3cncc4cc(OC)c(OC)cc34)nc12.Cl.Cl. The average molecular weight is 461 g/mol. The summed E-state index contributed by atoms with van der Waals surface area (Å²) in [5.74, 6) is 2.23. The molecule has 0 bridgehead atoms. The second-order valence-corrected chi connectivity index (χ2v) is 6.88. The van der Waals surface area contributed by atoms with Crippen molar-refractivity contribution in [2.45, 2.75) is 19.8 Å². The third-order valence-corrected chi connectivity index (χ3v) is 4.92. The van der Waals surface area contributed by atoms with Crippen molar-refractivity contribution < 1.29 is 14.2 Å². The van der Waals surface area contributed by atoms with E-state index in [-0.39, 0.29) is 24.8 Å². The number of nitrogens with zero attached hydrogens (tertiary/aromatic N) is 2. The van der Waals surface area contributed by atoms with Gasteiger partial charge in [-0.15, -0.1) is 24.8 Å². The maximum atomic E-state index is 5.89. The molecule has 0 aliphatic carbocycles. The molecule has 0 aliphatic heterocycles. The third kappa shape index (κ3) is 5.12. The van der Waals surface area contributed by atoms with Gasteiger partial charge in [0.2, 0.25) is 0 Å². The molecule has 0 fully saturated rings. The number of ether oxygens (including phenoxy) is 3. The standard InChI is InChI=1S/C24H24N2O3.2ClH/c1-4-10-29-21-7-5-6-16-8-9-19(26-24(16)21)11-17-14-25-15-18-12-22(27-2)23(28-3)13-20(17)18;;/h5-9,12-15H,4,10-11H2,1-3H3;2*1H. The van der Waals surface area contributed by atoms with Gasteiger partial charge < -0.3 is 14.2 Å². The Morgan fingerprint density at radius 2 is 1.61 bits per heavy atom. The van der Waals surface area contributed by atoms with Gasteiger partial charge in [-0.1, -0.05) is 25.1 Å². The molecule has 0 radical (unpaired) electrons. The van der Waals surface area contributed by atoms with Crippen molar-refractivity contribution in [2.75, 3.05) is 20.8 Å². The minimum absolute atomic E-state index is 0. The van der Waals surface area contributed by atoms with Crippen LogP contribution >= 0.6 is 24.8 Å². The summed E-state index contributed by atoms with van der Waals surface area (Å²) in [4.78, 5) is 9.31. The molecule has 4 rings (SSSR count). The van der Waals surface area contributed by atoms with Crippen LogP contribution in [0.15, 0.2) is 54.9 Å². The molecule has 7 heteroatoms. The molecule has 2 aromatic heterocycles. The lowest BCUT2D eigenvalue weighted by molar-refractivity contribution is 0.320. The van der Waals surface area contributed by atoms with Crippen molar-refractivity contribution in [2.24, 2.45) is 0 Å². The summed E-state index contributed by atoms with van der Waals surface area (Å²) in [6, 6.07) is 14.2. The van der Waals surface area contributed by atoms with E-state index in [1.807, 2.05) is 36.7 Å². The number of para-hydroxylation sites is 1. The minimum Gasteiger partial charge on any atom is -0.493 e. The van der Waals surface area contributed by atoms with E-state index in [0.717, 1.165) is 45.1 Å². The van der Waals surface area contributed by atoms with Crippen molar-refractivity contribution in [3.8, 4) is 17.2 Å². The molecule has 0 aliphatic rings. The van der Waals surface area contributed by atoms with Crippen molar-refractivity contribution in [1.82, 2.24) is 9.97 Å². The molecule has 164 valence electrons. The Labute approximate surface area is 194 Å². The Kier molecular flexibility index (Phi) is 8.72. The number of hydrogen-bond donors (Lipinski definition) is 0. The Morgan fingerprint density at radius 3 is 2.35 bits per heavy atom. The minimum atomic E-state index is 0. The zero-order chi connectivity index (χ0) is 20.2. The van der Waals surface area contributed by atoms with Crippen LogP contribution in [0.5, 0.6) is 17.2 Å². The number of pyridine rings is 2. The quantitative estimate of drug-likeness (QED) is 0.337. The van der Waals surface area contributed by atoms with Crippen LogP contribution in [-0.4, -0.2) is 30.8 Å². The van der Waals surface area contributed by atoms with Crippen LogP contribution in [0, 0.1) is 0 Å². The zero-order valence-electron chi connectivity index (χ0n) is 17.8. The Morgan fingerprint density at radius 1 is 0.839 bits per heavy atom. The molecular weight excluding hydrogens is 435 g/mol. The fraction of sp³-hybridized carbons (Fsp3) is 0.250. The van der Waals surface area contributed by atoms with Gasteiger partial charge >= 0.3 is 0 Å². The van der Waals surface area contributed by atoms with Gasteiger partial charge in [0, 0.05) is 35.3 Å². The molecule has 0 spiro atoms. The van der Waals surface area contributed by atoms with E-state index >= 15 is 0 Å². The van der Waals surface area contributed by atoms with Crippen LogP contribution in [0.4, 0.5) is 0 Å². The lowest BCUT2D eigenvalue weighted by Gasteiger charge is -2.12. The van der Waals surface area contributed by atoms with Crippen LogP contribution in [0.2, 0.25) is 0 Å². The number of methoxy groups -OCH3 is 2. The predicted octanol–water partition coefficient (Wildman–Crippen LogP) is 6.02. The summed E-state index contributed by atoms with van der Waals surface area (Å²) in [5.41, 5.74) is 2.95. The lowest BCUT2D eigenvalue weighted by atomic mass is 10.0. The molecular formula is C24H26Cl2N2O3. The number of benzene rings is 2. The van der Waals surface area contributed by atoms with Gasteiger partial charge in [-0.2, -0.15) is 0 Å². The summed E-state index contributed by atoms with van der Waals surface area (Å²) >= 11 is 0. The second kappa shape index (κ2) is 11.0. The van der Waals surface area contributed by atoms with Gasteiger partial charge in [0.15, 0.2) is 11.5 Å². The lowest BCUT2D eigenvalue weighted by Crippen LogP contribution is -1.99. The highest BCUT2D eigenvalue weighted by atomic mass is 35.5. The summed E-state index contributed by atoms with van der Waals surface area (Å²) < 4.78 is 16.8. The third-order valence-electron chi connectivity index (χ3n) is 4.92. The van der Waals surface area contributed by atoms with Gasteiger partial charge in [-0.05, 0) is 41.6 Å². The topological polar surface area (TPSA) is 53.5 Å². The molecule has 0 atom stereocenters. The van der Waals surface area contributed by atoms with Gasteiger partial charge in [-0.25, -0.2) is 4.98 Å². The molecule has 2 heterocycles. The highest BCUT2D eigenvalue weighted by molar-refractivity contribution is 5.89. The molecule has 0 N–H and O–H groups in total. The van der Waals surface area contributed by atoms with Crippen LogP contribution < -0.4 is 14.2 Å². The summed E-state index contributed by atoms with van der Waals surface area (Å²) in [5, 5.41) is 3.16. The van der Waals surface area contributed by atoms with E-state index in [1.54, 1.807) is 14.2 Å². The average Bonchev–Trinajstić information content (AvgIpc) is 2.77. The fourth-order valence-corrected chi connectivity index (χ4v) is 3.48. The smallest absolute Gasteiger partial charge is 0.161 e. The number of aromatic nitrogens is 2. The largest absolute Gasteiger partial charge is 0.493 e. The summed E-state index contributed by atoms with van der Waals surface area (Å²) in [6.07, 6.45) is 5.35. The number of fused-ring (bicyclic) bond motifs is 2. The van der Waals surface area contributed by atoms with Gasteiger partial charge in [-0.3, -0.25) is 4.98 Å². The van der Waals surface area contributed by atoms with Crippen molar-refractivity contribution >= 4 is 46.5 Å². The zero-order valence-corrected chi connectivity index (χ0v) is 19.4. The first-order valence-electron chi connectivity index (χ1n) is 9.73. The number of hydrogen-bond acceptors (Lipinski definition) is 5. The van der Waals surface area contributed by atoms with Gasteiger partial charge in [0.25, 0.3) is 0 Å². The maximum Gasteiger partial charge on any atom is 0.161 e. The molecule has 4 aromatic rings. The van der Waals surface area contributed by atoms with Crippen molar-refractivity contribution in [3.05, 3.63) is 66.1 Å². The maximum absolute atomic E-state index is 5.89. The molecule has 5 nitrogen and oxygen atoms in total. The second-order valence-electron chi connectivity index (χ2n) is 6.88. The van der Waals surface area contributed by atoms with Gasteiger partial charge in [0.05, 0.1) is 20.8 Å². The highest BCUT2D eigenvalue weighted by Gasteiger charge is 2.11. The fourth-order valence-electron chi connectivity index (χ4n) is 3.48. The summed E-state index contributed by atoms with van der Waals surface area (Å²) in [6.45, 7) is 2.78. The Balaban J connectivity index is 0.00000171. The molecule has 0 saturated heterocycles. The van der Waals surface area contributed by atoms with E-state index in [1.165, 1.54) is 0 Å². The van der Waals surface area contributed by atoms with E-state index in [4.69, 9.17) is 19.2 Å². The molecule has 0 amide bonds. The number of halogens is 2. The highest BCUT2D eigenvalue weighted by Crippen LogP contribution is 2.34. The van der Waals surface area contributed by atoms with Gasteiger partial charge in [0.1, 0.15) is 11.3 Å². The van der Waals surface area contributed by atoms with E-state index < -0.39 is 0 Å². The van der Waals surface area contributed by atoms with Crippen LogP contribution in [0.3, 0.4) is 0 Å². The Bertz CT molecular complexity index is 1170. The first-order valence-corrected chi connectivity index (χ1v) is 9.73. The van der Waals surface area contributed by atoms with Crippen LogP contribution in [-0.2, 0) is 6.42 Å². The van der Waals surface area contributed by atoms with Crippen LogP contribution in [0.1, 0.15) is 24.6 Å². The molecule has 0 unspecified atom stereocenters. The van der Waals surface area contributed by atoms with E-state index in [0.29, 0.717) is 24.5 Å². The normalized spacial score (nSPS) is 10.3. The molecule has 31 heavy (non-hydrogen) atoms. The summed E-state index contributed by atoms with van der Waals surface area (Å²) in [7, 11) is 3.28. The van der Waals surface area contributed by atoms with Crippen molar-refractivity contribution in [3.63, 3.8) is 0 Å². The first-order chi connectivity index (χ1) is 14.2. The van der Waals surface area contributed by atoms with E-state index in [2.05, 4.69) is 30.1 Å². The van der Waals surface area contributed by atoms with Crippen molar-refractivity contribution in [1.29, 1.82) is 0 Å². The molecule has 2 aromatic carbocycles. The van der Waals surface area contributed by atoms with E-state index in [9.17, 15) is 0 Å². The monoisotopic (exact) mass is 460 g/mol. The number of rotatable bonds is 7. The Hall–Kier alpha value is -2.76. The predicted molar refractivity (Wildman–Crippen MR) is 130 cm³/mol.